The molecule has 0 aliphatic carbocycles. The smallest absolute Gasteiger partial charge is 0.123 e. The fourth-order valence-electron chi connectivity index (χ4n) is 5.86. The molecule has 0 bridgehead atoms. The van der Waals surface area contributed by atoms with Crippen LogP contribution in [-0.4, -0.2) is 15.0 Å². The van der Waals surface area contributed by atoms with Crippen molar-refractivity contribution < 1.29 is 30.0 Å². The zero-order chi connectivity index (χ0) is 35.2. The van der Waals surface area contributed by atoms with E-state index in [9.17, 15) is 0 Å². The van der Waals surface area contributed by atoms with Gasteiger partial charge in [0.05, 0.1) is 20.8 Å². The minimum atomic E-state index is -2.24. The first kappa shape index (κ1) is 27.6. The van der Waals surface area contributed by atoms with Crippen LogP contribution in [0.4, 0.5) is 0 Å². The molecule has 0 atom stereocenters. The minimum Gasteiger partial charge on any atom is -0.501 e. The number of aryl methyl sites for hydroxylation is 3. The number of furan rings is 1. The van der Waals surface area contributed by atoms with E-state index in [-0.39, 0.29) is 25.1 Å². The van der Waals surface area contributed by atoms with Crippen molar-refractivity contribution in [3.63, 3.8) is 0 Å². The van der Waals surface area contributed by atoms with E-state index in [1.54, 1.807) is 18.5 Å². The second-order valence-corrected chi connectivity index (χ2v) is 12.4. The van der Waals surface area contributed by atoms with Gasteiger partial charge in [-0.05, 0) is 77.9 Å². The Labute approximate surface area is 298 Å². The summed E-state index contributed by atoms with van der Waals surface area (Å²) >= 11 is 1.18. The number of fused-ring (bicyclic) bond motifs is 4. The molecule has 8 rings (SSSR count). The molecule has 4 nitrogen and oxygen atoms in total. The molecule has 0 aliphatic heterocycles. The van der Waals surface area contributed by atoms with Crippen molar-refractivity contribution in [2.45, 2.75) is 40.4 Å². The largest absolute Gasteiger partial charge is 0.501 e. The van der Waals surface area contributed by atoms with Crippen LogP contribution < -0.4 is 0 Å². The van der Waals surface area contributed by atoms with Gasteiger partial charge in [-0.1, -0.05) is 61.2 Å². The first-order valence-corrected chi connectivity index (χ1v) is 15.8. The van der Waals surface area contributed by atoms with Gasteiger partial charge in [0.1, 0.15) is 5.58 Å². The van der Waals surface area contributed by atoms with Crippen molar-refractivity contribution in [1.29, 1.82) is 0 Å². The summed E-state index contributed by atoms with van der Waals surface area (Å²) in [4.78, 5) is 13.3. The molecule has 0 aliphatic rings. The Morgan fingerprint density at radius 1 is 0.851 bits per heavy atom. The predicted molar refractivity (Wildman–Crippen MR) is 191 cm³/mol. The van der Waals surface area contributed by atoms with E-state index >= 15 is 0 Å². The van der Waals surface area contributed by atoms with Crippen molar-refractivity contribution >= 4 is 43.5 Å². The van der Waals surface area contributed by atoms with Crippen LogP contribution in [0, 0.1) is 32.8 Å². The molecule has 0 saturated carbocycles. The normalized spacial score (nSPS) is 12.9. The molecule has 235 valence electrons. The van der Waals surface area contributed by atoms with Crippen LogP contribution in [0.3, 0.4) is 0 Å². The summed E-state index contributed by atoms with van der Waals surface area (Å²) in [5, 5.41) is 1.92. The number of aromatic nitrogens is 3. The Kier molecular flexibility index (Phi) is 8.05. The van der Waals surface area contributed by atoms with E-state index in [0.29, 0.717) is 22.4 Å². The Balaban J connectivity index is 0.000000291. The summed E-state index contributed by atoms with van der Waals surface area (Å²) < 4.78 is 39.0. The standard InChI is InChI=1S/C30H25N2OS.C11H8N.Ir/c1-16(2)24-15-31-25(12-23(24)29-17(3)8-6-9-18(29)4)21-11-7-10-20-22-13-28-26(32-19(5)34-28)14-27(22)33-30(20)21;1-2-6-10(7-3-1)11-8-4-5-9-12-11;/h6-10,12-16H,1-5H3;1-6,8-9H;/q2*-1;/i5D3,16D;;. The summed E-state index contributed by atoms with van der Waals surface area (Å²) in [7, 11) is 0. The number of thiazole rings is 1. The number of nitrogens with zero attached hydrogens (tertiary/aromatic N) is 3. The fraction of sp³-hybridized carbons (Fsp3) is 0.146. The Morgan fingerprint density at radius 3 is 2.40 bits per heavy atom. The number of hydrogen-bond acceptors (Lipinski definition) is 5. The Bertz CT molecular complexity index is 2430. The topological polar surface area (TPSA) is 51.8 Å². The van der Waals surface area contributed by atoms with Gasteiger partial charge in [0.25, 0.3) is 0 Å². The van der Waals surface area contributed by atoms with Gasteiger partial charge in [-0.25, -0.2) is 4.98 Å². The van der Waals surface area contributed by atoms with Gasteiger partial charge >= 0.3 is 0 Å². The van der Waals surface area contributed by atoms with Crippen molar-refractivity contribution in [3.8, 4) is 33.6 Å². The molecule has 0 saturated heterocycles. The van der Waals surface area contributed by atoms with Crippen LogP contribution >= 0.6 is 11.3 Å². The van der Waals surface area contributed by atoms with Gasteiger partial charge in [0.2, 0.25) is 0 Å². The molecule has 47 heavy (non-hydrogen) atoms. The molecule has 4 aromatic carbocycles. The SMILES string of the molecule is [2H]C([2H])([2H])c1nc2cc3oc4c(-c5cc(-c6c(C)cccc6C)c(C([2H])(C)C)cn5)[c-]ccc4c3cc2s1.[Ir].[c-]1ccccc1-c1ccccn1. The predicted octanol–water partition coefficient (Wildman–Crippen LogP) is 11.3. The minimum absolute atomic E-state index is 0. The van der Waals surface area contributed by atoms with Crippen LogP contribution in [0.5, 0.6) is 0 Å². The summed E-state index contributed by atoms with van der Waals surface area (Å²) in [6.07, 6.45) is 3.59. The van der Waals surface area contributed by atoms with Crippen molar-refractivity contribution in [3.05, 3.63) is 137 Å². The zero-order valence-corrected chi connectivity index (χ0v) is 29.5. The number of benzene rings is 4. The van der Waals surface area contributed by atoms with Gasteiger partial charge in [-0.15, -0.1) is 65.4 Å². The molecule has 0 fully saturated rings. The third-order valence-corrected chi connectivity index (χ3v) is 8.87. The third kappa shape index (κ3) is 6.42. The van der Waals surface area contributed by atoms with Gasteiger partial charge in [0, 0.05) is 49.4 Å². The van der Waals surface area contributed by atoms with E-state index in [2.05, 4.69) is 48.1 Å². The van der Waals surface area contributed by atoms with Gasteiger partial charge < -0.3 is 14.4 Å². The number of hydrogen-bond donors (Lipinski definition) is 0. The van der Waals surface area contributed by atoms with E-state index in [1.807, 2.05) is 86.6 Å². The molecule has 8 aromatic rings. The monoisotopic (exact) mass is 812 g/mol. The maximum Gasteiger partial charge on any atom is 0.123 e. The van der Waals surface area contributed by atoms with Gasteiger partial charge in [0.15, 0.2) is 0 Å². The number of rotatable bonds is 4. The summed E-state index contributed by atoms with van der Waals surface area (Å²) in [5.74, 6) is -0.836. The summed E-state index contributed by atoms with van der Waals surface area (Å²) in [6, 6.07) is 36.0. The van der Waals surface area contributed by atoms with Crippen molar-refractivity contribution in [2.75, 3.05) is 0 Å². The molecule has 1 radical (unpaired) electrons. The van der Waals surface area contributed by atoms with Crippen LogP contribution in [-0.2, 0) is 20.1 Å². The second kappa shape index (κ2) is 13.7. The van der Waals surface area contributed by atoms with Crippen LogP contribution in [0.25, 0.3) is 65.8 Å². The molecular weight excluding hydrogens is 775 g/mol. The maximum absolute atomic E-state index is 8.79. The molecule has 0 amide bonds. The van der Waals surface area contributed by atoms with Crippen molar-refractivity contribution in [1.82, 2.24) is 15.0 Å². The van der Waals surface area contributed by atoms with E-state index in [0.717, 1.165) is 60.1 Å². The summed E-state index contributed by atoms with van der Waals surface area (Å²) in [6.45, 7) is 5.70. The quantitative estimate of drug-likeness (QED) is 0.166. The fourth-order valence-corrected chi connectivity index (χ4v) is 6.60. The van der Waals surface area contributed by atoms with Crippen LogP contribution in [0.2, 0.25) is 0 Å². The average Bonchev–Trinajstić information content (AvgIpc) is 3.69. The first-order chi connectivity index (χ1) is 23.9. The number of pyridine rings is 2. The maximum atomic E-state index is 8.79. The molecule has 0 unspecified atom stereocenters. The average molecular weight is 812 g/mol. The first-order valence-electron chi connectivity index (χ1n) is 17.0. The summed E-state index contributed by atoms with van der Waals surface area (Å²) in [5.41, 5.74) is 10.6. The van der Waals surface area contributed by atoms with E-state index in [1.165, 1.54) is 11.3 Å². The second-order valence-electron chi connectivity index (χ2n) is 11.4. The van der Waals surface area contributed by atoms with E-state index in [4.69, 9.17) is 14.9 Å². The molecule has 4 heterocycles. The molecular formula is C41H33IrN3OS-2. The Hall–Kier alpha value is -4.48. The van der Waals surface area contributed by atoms with E-state index < -0.39 is 12.7 Å². The zero-order valence-electron chi connectivity index (χ0n) is 30.3. The Morgan fingerprint density at radius 2 is 1.68 bits per heavy atom. The van der Waals surface area contributed by atoms with Crippen molar-refractivity contribution in [2.24, 2.45) is 0 Å². The van der Waals surface area contributed by atoms with Gasteiger partial charge in [-0.2, -0.15) is 0 Å². The van der Waals surface area contributed by atoms with Crippen LogP contribution in [0.1, 0.15) is 46.9 Å². The molecule has 4 aromatic heterocycles. The molecule has 0 N–H and O–H groups in total. The van der Waals surface area contributed by atoms with Crippen LogP contribution in [0.15, 0.2) is 108 Å². The van der Waals surface area contributed by atoms with Gasteiger partial charge in [-0.3, -0.25) is 0 Å². The third-order valence-electron chi connectivity index (χ3n) is 8.04. The molecule has 6 heteroatoms. The molecule has 0 spiro atoms.